The standard InChI is InChI=1S/C17H21FN2O2/c18-15-7-5-13(6-8-15)16(21)20-11-3-4-14(12-20)17(22)19-9-1-2-10-19/h5-8,14H,1-4,9-12H2/t14-/m1/s1. The minimum absolute atomic E-state index is 0.0868. The van der Waals surface area contributed by atoms with Gasteiger partial charge in [0.2, 0.25) is 5.91 Å². The van der Waals surface area contributed by atoms with Crippen molar-refractivity contribution in [1.82, 2.24) is 9.80 Å². The van der Waals surface area contributed by atoms with Crippen molar-refractivity contribution in [2.45, 2.75) is 25.7 Å². The van der Waals surface area contributed by atoms with Gasteiger partial charge >= 0.3 is 0 Å². The summed E-state index contributed by atoms with van der Waals surface area (Å²) in [6.45, 7) is 2.84. The van der Waals surface area contributed by atoms with Crippen LogP contribution in [0.2, 0.25) is 0 Å². The van der Waals surface area contributed by atoms with E-state index < -0.39 is 0 Å². The quantitative estimate of drug-likeness (QED) is 0.841. The molecular formula is C17H21FN2O2. The molecule has 0 unspecified atom stereocenters. The highest BCUT2D eigenvalue weighted by Crippen LogP contribution is 2.22. The smallest absolute Gasteiger partial charge is 0.253 e. The molecule has 2 amide bonds. The van der Waals surface area contributed by atoms with E-state index in [4.69, 9.17) is 0 Å². The number of carbonyl (C=O) groups excluding carboxylic acids is 2. The van der Waals surface area contributed by atoms with Gasteiger partial charge in [-0.05, 0) is 49.9 Å². The maximum absolute atomic E-state index is 13.0. The fourth-order valence-corrected chi connectivity index (χ4v) is 3.33. The van der Waals surface area contributed by atoms with E-state index in [9.17, 15) is 14.0 Å². The summed E-state index contributed by atoms with van der Waals surface area (Å²) in [6, 6.07) is 5.60. The zero-order valence-electron chi connectivity index (χ0n) is 12.6. The SMILES string of the molecule is O=C(c1ccc(F)cc1)N1CCC[C@@H](C(=O)N2CCCC2)C1. The second kappa shape index (κ2) is 6.46. The molecule has 2 fully saturated rings. The van der Waals surface area contributed by atoms with Crippen LogP contribution in [0.4, 0.5) is 4.39 Å². The number of nitrogens with zero attached hydrogens (tertiary/aromatic N) is 2. The predicted molar refractivity (Wildman–Crippen MR) is 80.8 cm³/mol. The highest BCUT2D eigenvalue weighted by Gasteiger charge is 2.32. The first-order chi connectivity index (χ1) is 10.6. The van der Waals surface area contributed by atoms with Crippen LogP contribution in [-0.4, -0.2) is 47.8 Å². The van der Waals surface area contributed by atoms with Crippen LogP contribution in [0.5, 0.6) is 0 Å². The van der Waals surface area contributed by atoms with Crippen molar-refractivity contribution in [1.29, 1.82) is 0 Å². The summed E-state index contributed by atoms with van der Waals surface area (Å²) in [6.07, 6.45) is 3.85. The Bertz CT molecular complexity index is 552. The highest BCUT2D eigenvalue weighted by molar-refractivity contribution is 5.94. The lowest BCUT2D eigenvalue weighted by molar-refractivity contribution is -0.135. The average molecular weight is 304 g/mol. The number of rotatable bonds is 2. The Labute approximate surface area is 129 Å². The molecule has 0 spiro atoms. The van der Waals surface area contributed by atoms with Crippen molar-refractivity contribution >= 4 is 11.8 Å². The Balaban J connectivity index is 1.65. The number of benzene rings is 1. The first kappa shape index (κ1) is 15.0. The predicted octanol–water partition coefficient (Wildman–Crippen LogP) is 2.30. The van der Waals surface area contributed by atoms with Crippen LogP contribution in [0, 0.1) is 11.7 Å². The number of hydrogen-bond acceptors (Lipinski definition) is 2. The molecule has 118 valence electrons. The average Bonchev–Trinajstić information content (AvgIpc) is 3.09. The lowest BCUT2D eigenvalue weighted by atomic mass is 9.96. The topological polar surface area (TPSA) is 40.6 Å². The van der Waals surface area contributed by atoms with Gasteiger partial charge in [0.1, 0.15) is 5.82 Å². The van der Waals surface area contributed by atoms with Gasteiger partial charge in [-0.2, -0.15) is 0 Å². The Morgan fingerprint density at radius 3 is 2.27 bits per heavy atom. The Hall–Kier alpha value is -1.91. The molecule has 4 nitrogen and oxygen atoms in total. The van der Waals surface area contributed by atoms with Crippen molar-refractivity contribution in [3.05, 3.63) is 35.6 Å². The van der Waals surface area contributed by atoms with E-state index in [0.29, 0.717) is 18.7 Å². The van der Waals surface area contributed by atoms with Gasteiger partial charge in [0.25, 0.3) is 5.91 Å². The molecule has 5 heteroatoms. The van der Waals surface area contributed by atoms with Crippen molar-refractivity contribution in [3.8, 4) is 0 Å². The first-order valence-electron chi connectivity index (χ1n) is 7.99. The number of carbonyl (C=O) groups is 2. The molecule has 3 rings (SSSR count). The fraction of sp³-hybridized carbons (Fsp3) is 0.529. The molecule has 0 N–H and O–H groups in total. The molecule has 2 aliphatic rings. The summed E-state index contributed by atoms with van der Waals surface area (Å²) in [5, 5.41) is 0. The molecular weight excluding hydrogens is 283 g/mol. The highest BCUT2D eigenvalue weighted by atomic mass is 19.1. The lowest BCUT2D eigenvalue weighted by Crippen LogP contribution is -2.46. The minimum Gasteiger partial charge on any atom is -0.342 e. The largest absolute Gasteiger partial charge is 0.342 e. The van der Waals surface area contributed by atoms with Crippen LogP contribution in [0.3, 0.4) is 0 Å². The third kappa shape index (κ3) is 3.13. The van der Waals surface area contributed by atoms with E-state index in [-0.39, 0.29) is 23.5 Å². The number of piperidine rings is 1. The number of hydrogen-bond donors (Lipinski definition) is 0. The summed E-state index contributed by atoms with van der Waals surface area (Å²) in [5.41, 5.74) is 0.482. The number of halogens is 1. The van der Waals surface area contributed by atoms with Crippen molar-refractivity contribution in [2.24, 2.45) is 5.92 Å². The van der Waals surface area contributed by atoms with E-state index >= 15 is 0 Å². The molecule has 0 radical (unpaired) electrons. The van der Waals surface area contributed by atoms with Gasteiger partial charge in [-0.25, -0.2) is 4.39 Å². The molecule has 0 bridgehead atoms. The molecule has 1 aromatic carbocycles. The summed E-state index contributed by atoms with van der Waals surface area (Å²) in [4.78, 5) is 28.6. The Morgan fingerprint density at radius 2 is 1.59 bits per heavy atom. The molecule has 22 heavy (non-hydrogen) atoms. The molecule has 2 heterocycles. The molecule has 1 atom stereocenters. The number of likely N-dealkylation sites (tertiary alicyclic amines) is 2. The maximum Gasteiger partial charge on any atom is 0.253 e. The molecule has 2 aliphatic heterocycles. The molecule has 1 aromatic rings. The van der Waals surface area contributed by atoms with Crippen LogP contribution in [0.25, 0.3) is 0 Å². The van der Waals surface area contributed by atoms with E-state index in [0.717, 1.165) is 38.8 Å². The molecule has 0 saturated carbocycles. The zero-order valence-corrected chi connectivity index (χ0v) is 12.6. The minimum atomic E-state index is -0.350. The van der Waals surface area contributed by atoms with Gasteiger partial charge in [0, 0.05) is 31.7 Å². The third-order valence-corrected chi connectivity index (χ3v) is 4.57. The first-order valence-corrected chi connectivity index (χ1v) is 7.99. The van der Waals surface area contributed by atoms with Crippen LogP contribution >= 0.6 is 0 Å². The normalized spacial score (nSPS) is 22.0. The molecule has 2 saturated heterocycles. The second-order valence-electron chi connectivity index (χ2n) is 6.13. The van der Waals surface area contributed by atoms with Gasteiger partial charge in [0.15, 0.2) is 0 Å². The Morgan fingerprint density at radius 1 is 0.955 bits per heavy atom. The summed E-state index contributed by atoms with van der Waals surface area (Å²) >= 11 is 0. The van der Waals surface area contributed by atoms with E-state index in [1.165, 1.54) is 24.3 Å². The van der Waals surface area contributed by atoms with Crippen molar-refractivity contribution < 1.29 is 14.0 Å². The molecule has 0 aromatic heterocycles. The number of amides is 2. The van der Waals surface area contributed by atoms with E-state index in [1.807, 2.05) is 4.90 Å². The summed E-state index contributed by atoms with van der Waals surface area (Å²) < 4.78 is 13.0. The Kier molecular flexibility index (Phi) is 4.41. The van der Waals surface area contributed by atoms with Gasteiger partial charge in [0.05, 0.1) is 5.92 Å². The van der Waals surface area contributed by atoms with E-state index in [1.54, 1.807) is 4.90 Å². The third-order valence-electron chi connectivity index (χ3n) is 4.57. The van der Waals surface area contributed by atoms with Crippen LogP contribution < -0.4 is 0 Å². The lowest BCUT2D eigenvalue weighted by Gasteiger charge is -2.34. The van der Waals surface area contributed by atoms with Gasteiger partial charge in [-0.3, -0.25) is 9.59 Å². The molecule has 0 aliphatic carbocycles. The van der Waals surface area contributed by atoms with Gasteiger partial charge < -0.3 is 9.80 Å². The van der Waals surface area contributed by atoms with Gasteiger partial charge in [-0.15, -0.1) is 0 Å². The zero-order chi connectivity index (χ0) is 15.5. The van der Waals surface area contributed by atoms with Crippen molar-refractivity contribution in [3.63, 3.8) is 0 Å². The summed E-state index contributed by atoms with van der Waals surface area (Å²) in [5.74, 6) is -0.360. The van der Waals surface area contributed by atoms with E-state index in [2.05, 4.69) is 0 Å². The van der Waals surface area contributed by atoms with Gasteiger partial charge in [-0.1, -0.05) is 0 Å². The van der Waals surface area contributed by atoms with Crippen LogP contribution in [-0.2, 0) is 4.79 Å². The van der Waals surface area contributed by atoms with Crippen LogP contribution in [0.1, 0.15) is 36.0 Å². The fourth-order valence-electron chi connectivity index (χ4n) is 3.33. The van der Waals surface area contributed by atoms with Crippen LogP contribution in [0.15, 0.2) is 24.3 Å². The maximum atomic E-state index is 13.0. The second-order valence-corrected chi connectivity index (χ2v) is 6.13. The monoisotopic (exact) mass is 304 g/mol. The summed E-state index contributed by atoms with van der Waals surface area (Å²) in [7, 11) is 0. The van der Waals surface area contributed by atoms with Crippen molar-refractivity contribution in [2.75, 3.05) is 26.2 Å².